The molecule has 0 amide bonds. The van der Waals surface area contributed by atoms with Crippen molar-refractivity contribution in [1.29, 1.82) is 0 Å². The van der Waals surface area contributed by atoms with Gasteiger partial charge in [0.1, 0.15) is 0 Å². The van der Waals surface area contributed by atoms with Gasteiger partial charge >= 0.3 is 0 Å². The Balaban J connectivity index is 2.80. The lowest BCUT2D eigenvalue weighted by Gasteiger charge is -2.27. The van der Waals surface area contributed by atoms with Crippen molar-refractivity contribution in [3.05, 3.63) is 22.7 Å². The van der Waals surface area contributed by atoms with Crippen LogP contribution in [-0.2, 0) is 4.74 Å². The minimum atomic E-state index is -0.128. The molecule has 0 heterocycles. The van der Waals surface area contributed by atoms with E-state index in [1.165, 1.54) is 0 Å². The number of methoxy groups -OCH3 is 1. The Hall–Kier alpha value is -0.740. The second-order valence-corrected chi connectivity index (χ2v) is 5.09. The summed E-state index contributed by atoms with van der Waals surface area (Å²) in [6, 6.07) is 5.80. The van der Waals surface area contributed by atoms with Gasteiger partial charge in [-0.2, -0.15) is 0 Å². The van der Waals surface area contributed by atoms with E-state index in [0.717, 1.165) is 15.8 Å². The normalized spacial score (nSPS) is 11.5. The number of halogens is 1. The van der Waals surface area contributed by atoms with Gasteiger partial charge in [-0.15, -0.1) is 0 Å². The third-order valence-corrected chi connectivity index (χ3v) is 2.49. The maximum Gasteiger partial charge on any atom is 0.0687 e. The average molecular weight is 273 g/mol. The van der Waals surface area contributed by atoms with E-state index >= 15 is 0 Å². The van der Waals surface area contributed by atoms with Gasteiger partial charge in [0.15, 0.2) is 0 Å². The quantitative estimate of drug-likeness (QED) is 0.829. The molecule has 0 aliphatic heterocycles. The summed E-state index contributed by atoms with van der Waals surface area (Å²) in [5.74, 6) is 0. The first kappa shape index (κ1) is 12.3. The fourth-order valence-corrected chi connectivity index (χ4v) is 1.79. The van der Waals surface area contributed by atoms with E-state index in [1.807, 2.05) is 18.2 Å². The summed E-state index contributed by atoms with van der Waals surface area (Å²) in [6.45, 7) is 4.76. The topological polar surface area (TPSA) is 47.3 Å². The summed E-state index contributed by atoms with van der Waals surface area (Å²) in [5, 5.41) is 3.34. The van der Waals surface area contributed by atoms with Crippen LogP contribution in [0.5, 0.6) is 0 Å². The van der Waals surface area contributed by atoms with Crippen LogP contribution in [0.4, 0.5) is 11.4 Å². The molecule has 3 N–H and O–H groups in total. The van der Waals surface area contributed by atoms with Crippen molar-refractivity contribution in [3.8, 4) is 0 Å². The zero-order valence-corrected chi connectivity index (χ0v) is 10.9. The maximum atomic E-state index is 5.89. The second kappa shape index (κ2) is 4.86. The maximum absolute atomic E-state index is 5.89. The molecule has 1 rings (SSSR count). The van der Waals surface area contributed by atoms with Gasteiger partial charge in [0.05, 0.1) is 23.5 Å². The first-order valence-corrected chi connectivity index (χ1v) is 5.56. The van der Waals surface area contributed by atoms with Crippen LogP contribution < -0.4 is 11.1 Å². The molecule has 0 radical (unpaired) electrons. The average Bonchev–Trinajstić information content (AvgIpc) is 2.09. The smallest absolute Gasteiger partial charge is 0.0687 e. The van der Waals surface area contributed by atoms with Crippen LogP contribution in [0.25, 0.3) is 0 Å². The Morgan fingerprint density at radius 3 is 2.67 bits per heavy atom. The van der Waals surface area contributed by atoms with Crippen LogP contribution in [0.2, 0.25) is 0 Å². The molecule has 1 aromatic rings. The molecular formula is C11H17BrN2O. The third-order valence-electron chi connectivity index (χ3n) is 1.99. The van der Waals surface area contributed by atoms with Crippen LogP contribution in [0.15, 0.2) is 22.7 Å². The number of rotatable bonds is 4. The standard InChI is InChI=1S/C11H17BrN2O/c1-11(2,7-15-3)14-10-5-4-8(12)6-9(10)13/h4-6,14H,7,13H2,1-3H3. The highest BCUT2D eigenvalue weighted by Crippen LogP contribution is 2.25. The minimum Gasteiger partial charge on any atom is -0.397 e. The molecule has 3 nitrogen and oxygen atoms in total. The third kappa shape index (κ3) is 3.72. The van der Waals surface area contributed by atoms with Crippen LogP contribution in [0, 0.1) is 0 Å². The zero-order valence-electron chi connectivity index (χ0n) is 9.30. The summed E-state index contributed by atoms with van der Waals surface area (Å²) in [6.07, 6.45) is 0. The van der Waals surface area contributed by atoms with Crippen molar-refractivity contribution in [2.45, 2.75) is 19.4 Å². The monoisotopic (exact) mass is 272 g/mol. The van der Waals surface area contributed by atoms with Crippen molar-refractivity contribution in [2.24, 2.45) is 0 Å². The first-order chi connectivity index (χ1) is 6.94. The number of hydrogen-bond donors (Lipinski definition) is 2. The number of hydrogen-bond acceptors (Lipinski definition) is 3. The van der Waals surface area contributed by atoms with Crippen LogP contribution >= 0.6 is 15.9 Å². The summed E-state index contributed by atoms with van der Waals surface area (Å²) >= 11 is 3.37. The Morgan fingerprint density at radius 1 is 1.47 bits per heavy atom. The summed E-state index contributed by atoms with van der Waals surface area (Å²) in [7, 11) is 1.69. The zero-order chi connectivity index (χ0) is 11.5. The molecule has 1 aromatic carbocycles. The summed E-state index contributed by atoms with van der Waals surface area (Å²) in [5.41, 5.74) is 7.42. The van der Waals surface area contributed by atoms with Crippen LogP contribution in [0.3, 0.4) is 0 Å². The number of ether oxygens (including phenoxy) is 1. The van der Waals surface area contributed by atoms with Gasteiger partial charge in [0.2, 0.25) is 0 Å². The van der Waals surface area contributed by atoms with Gasteiger partial charge in [0, 0.05) is 11.6 Å². The summed E-state index contributed by atoms with van der Waals surface area (Å²) in [4.78, 5) is 0. The van der Waals surface area contributed by atoms with Gasteiger partial charge < -0.3 is 15.8 Å². The molecule has 0 saturated carbocycles. The van der Waals surface area contributed by atoms with E-state index in [2.05, 4.69) is 35.1 Å². The van der Waals surface area contributed by atoms with E-state index in [1.54, 1.807) is 7.11 Å². The lowest BCUT2D eigenvalue weighted by Crippen LogP contribution is -2.36. The predicted octanol–water partition coefficient (Wildman–Crippen LogP) is 2.87. The minimum absolute atomic E-state index is 0.128. The number of anilines is 2. The second-order valence-electron chi connectivity index (χ2n) is 4.17. The van der Waals surface area contributed by atoms with Crippen molar-refractivity contribution in [1.82, 2.24) is 0 Å². The van der Waals surface area contributed by atoms with Gasteiger partial charge in [0.25, 0.3) is 0 Å². The number of nitrogens with one attached hydrogen (secondary N) is 1. The molecule has 0 aliphatic carbocycles. The van der Waals surface area contributed by atoms with E-state index in [9.17, 15) is 0 Å². The van der Waals surface area contributed by atoms with Gasteiger partial charge in [-0.3, -0.25) is 0 Å². The molecule has 0 unspecified atom stereocenters. The first-order valence-electron chi connectivity index (χ1n) is 4.77. The Bertz CT molecular complexity index is 339. The highest BCUT2D eigenvalue weighted by molar-refractivity contribution is 9.10. The van der Waals surface area contributed by atoms with E-state index in [-0.39, 0.29) is 5.54 Å². The number of benzene rings is 1. The fraction of sp³-hybridized carbons (Fsp3) is 0.455. The molecule has 0 fully saturated rings. The molecule has 4 heteroatoms. The van der Waals surface area contributed by atoms with Crippen molar-refractivity contribution in [3.63, 3.8) is 0 Å². The van der Waals surface area contributed by atoms with Gasteiger partial charge in [-0.25, -0.2) is 0 Å². The number of nitrogens with two attached hydrogens (primary N) is 1. The van der Waals surface area contributed by atoms with Crippen LogP contribution in [0.1, 0.15) is 13.8 Å². The largest absolute Gasteiger partial charge is 0.397 e. The molecule has 0 aromatic heterocycles. The highest BCUT2D eigenvalue weighted by atomic mass is 79.9. The Morgan fingerprint density at radius 2 is 2.13 bits per heavy atom. The Kier molecular flexibility index (Phi) is 3.99. The van der Waals surface area contributed by atoms with E-state index < -0.39 is 0 Å². The van der Waals surface area contributed by atoms with Crippen molar-refractivity contribution in [2.75, 3.05) is 24.8 Å². The highest BCUT2D eigenvalue weighted by Gasteiger charge is 2.17. The SMILES string of the molecule is COCC(C)(C)Nc1ccc(Br)cc1N. The molecule has 84 valence electrons. The molecular weight excluding hydrogens is 256 g/mol. The van der Waals surface area contributed by atoms with Crippen molar-refractivity contribution >= 4 is 27.3 Å². The van der Waals surface area contributed by atoms with Gasteiger partial charge in [-0.1, -0.05) is 15.9 Å². The fourth-order valence-electron chi connectivity index (χ4n) is 1.41. The molecule has 0 aliphatic rings. The lowest BCUT2D eigenvalue weighted by atomic mass is 10.1. The van der Waals surface area contributed by atoms with E-state index in [4.69, 9.17) is 10.5 Å². The molecule has 0 bridgehead atoms. The molecule has 15 heavy (non-hydrogen) atoms. The molecule has 0 atom stereocenters. The molecule has 0 spiro atoms. The van der Waals surface area contributed by atoms with Crippen LogP contribution in [-0.4, -0.2) is 19.3 Å². The Labute approximate surface area is 99.1 Å². The number of nitrogen functional groups attached to an aromatic ring is 1. The predicted molar refractivity (Wildman–Crippen MR) is 68.1 cm³/mol. The molecule has 0 saturated heterocycles. The van der Waals surface area contributed by atoms with Gasteiger partial charge in [-0.05, 0) is 32.0 Å². The van der Waals surface area contributed by atoms with Crippen molar-refractivity contribution < 1.29 is 4.74 Å². The lowest BCUT2D eigenvalue weighted by molar-refractivity contribution is 0.158. The summed E-state index contributed by atoms with van der Waals surface area (Å²) < 4.78 is 6.11. The van der Waals surface area contributed by atoms with E-state index in [0.29, 0.717) is 6.61 Å².